The standard InChI is InChI=1S/C19H16B2/c1-3-11-9-17(21)15-6-4-12-10(2)8-16(20)14-7-5-13(11)19(15)18(12)14/h3-9H,1,20-21H2,2H3. The normalized spacial score (nSPS) is 11.7. The van der Waals surface area contributed by atoms with Crippen LogP contribution in [0.1, 0.15) is 11.1 Å². The zero-order valence-electron chi connectivity index (χ0n) is 12.7. The smallest absolute Gasteiger partial charge is 0.0984 e. The van der Waals surface area contributed by atoms with Gasteiger partial charge in [-0.15, -0.1) is 0 Å². The van der Waals surface area contributed by atoms with Crippen LogP contribution in [-0.2, 0) is 0 Å². The Kier molecular flexibility index (Phi) is 2.47. The Balaban J connectivity index is 2.45. The molecule has 4 aromatic carbocycles. The largest absolute Gasteiger partial charge is 0.140 e. The maximum absolute atomic E-state index is 3.99. The monoisotopic (exact) mass is 266 g/mol. The first-order valence-corrected chi connectivity index (χ1v) is 7.42. The molecule has 0 saturated heterocycles. The highest BCUT2D eigenvalue weighted by molar-refractivity contribution is 6.46. The van der Waals surface area contributed by atoms with E-state index in [0.29, 0.717) is 0 Å². The fourth-order valence-corrected chi connectivity index (χ4v) is 3.76. The molecule has 0 unspecified atom stereocenters. The lowest BCUT2D eigenvalue weighted by atomic mass is 9.79. The second-order valence-electron chi connectivity index (χ2n) is 6.07. The van der Waals surface area contributed by atoms with Gasteiger partial charge in [-0.25, -0.2) is 0 Å². The molecule has 0 aliphatic rings. The highest BCUT2D eigenvalue weighted by Gasteiger charge is 2.13. The lowest BCUT2D eigenvalue weighted by molar-refractivity contribution is 1.56. The van der Waals surface area contributed by atoms with E-state index in [0.717, 1.165) is 0 Å². The summed E-state index contributed by atoms with van der Waals surface area (Å²) in [5.41, 5.74) is 5.27. The molecular weight excluding hydrogens is 250 g/mol. The average Bonchev–Trinajstić information content (AvgIpc) is 2.48. The fraction of sp³-hybridized carbons (Fsp3) is 0.0526. The van der Waals surface area contributed by atoms with Crippen LogP contribution in [0.5, 0.6) is 0 Å². The van der Waals surface area contributed by atoms with Crippen molar-refractivity contribution >= 4 is 65.0 Å². The molecule has 0 atom stereocenters. The minimum absolute atomic E-state index is 1.23. The van der Waals surface area contributed by atoms with E-state index in [-0.39, 0.29) is 0 Å². The molecule has 0 nitrogen and oxygen atoms in total. The molecule has 4 rings (SSSR count). The SMILES string of the molecule is Bc1cc(C)c2ccc3c(B)cc(C=C)c4ccc1c2c34. The molecule has 0 radical (unpaired) electrons. The zero-order chi connectivity index (χ0) is 14.7. The van der Waals surface area contributed by atoms with E-state index >= 15 is 0 Å². The minimum atomic E-state index is 1.23. The molecule has 2 heteroatoms. The van der Waals surface area contributed by atoms with E-state index in [1.54, 1.807) is 0 Å². The maximum atomic E-state index is 3.99. The summed E-state index contributed by atoms with van der Waals surface area (Å²) in [7, 11) is 4.40. The third-order valence-corrected chi connectivity index (χ3v) is 4.77. The number of rotatable bonds is 1. The second kappa shape index (κ2) is 4.14. The predicted molar refractivity (Wildman–Crippen MR) is 101 cm³/mol. The molecule has 21 heavy (non-hydrogen) atoms. The van der Waals surface area contributed by atoms with Crippen LogP contribution in [0.2, 0.25) is 0 Å². The van der Waals surface area contributed by atoms with Crippen molar-refractivity contribution in [3.8, 4) is 0 Å². The average molecular weight is 266 g/mol. The summed E-state index contributed by atoms with van der Waals surface area (Å²) >= 11 is 0. The predicted octanol–water partition coefficient (Wildman–Crippen LogP) is 2.05. The first kappa shape index (κ1) is 12.5. The number of hydrogen-bond acceptors (Lipinski definition) is 0. The van der Waals surface area contributed by atoms with Crippen LogP contribution < -0.4 is 10.9 Å². The Hall–Kier alpha value is -2.21. The maximum Gasteiger partial charge on any atom is 0.140 e. The topological polar surface area (TPSA) is 0 Å². The van der Waals surface area contributed by atoms with E-state index in [1.165, 1.54) is 54.4 Å². The van der Waals surface area contributed by atoms with Gasteiger partial charge in [-0.1, -0.05) is 60.0 Å². The van der Waals surface area contributed by atoms with Gasteiger partial charge in [0.2, 0.25) is 0 Å². The summed E-state index contributed by atoms with van der Waals surface area (Å²) in [6.07, 6.45) is 1.97. The van der Waals surface area contributed by atoms with E-state index in [2.05, 4.69) is 65.6 Å². The Morgan fingerprint density at radius 3 is 2.00 bits per heavy atom. The molecule has 0 spiro atoms. The third kappa shape index (κ3) is 1.53. The summed E-state index contributed by atoms with van der Waals surface area (Å²) < 4.78 is 0. The van der Waals surface area contributed by atoms with E-state index in [1.807, 2.05) is 6.08 Å². The lowest BCUT2D eigenvalue weighted by Gasteiger charge is -2.17. The van der Waals surface area contributed by atoms with E-state index in [4.69, 9.17) is 0 Å². The molecule has 98 valence electrons. The van der Waals surface area contributed by atoms with Crippen molar-refractivity contribution in [2.75, 3.05) is 0 Å². The van der Waals surface area contributed by atoms with Gasteiger partial charge in [-0.05, 0) is 50.4 Å². The van der Waals surface area contributed by atoms with Gasteiger partial charge in [0.1, 0.15) is 15.7 Å². The Bertz CT molecular complexity index is 1010. The number of benzene rings is 4. The highest BCUT2D eigenvalue weighted by Crippen LogP contribution is 2.35. The van der Waals surface area contributed by atoms with Gasteiger partial charge < -0.3 is 0 Å². The van der Waals surface area contributed by atoms with Crippen molar-refractivity contribution in [2.24, 2.45) is 0 Å². The molecule has 0 amide bonds. The van der Waals surface area contributed by atoms with Crippen LogP contribution in [0.15, 0.2) is 43.0 Å². The molecule has 0 fully saturated rings. The lowest BCUT2D eigenvalue weighted by Crippen LogP contribution is -2.09. The molecular formula is C19H16B2. The minimum Gasteiger partial charge on any atom is -0.0984 e. The molecule has 0 aliphatic carbocycles. The van der Waals surface area contributed by atoms with Crippen LogP contribution in [0.4, 0.5) is 0 Å². The second-order valence-corrected chi connectivity index (χ2v) is 6.07. The Morgan fingerprint density at radius 1 is 0.810 bits per heavy atom. The first-order chi connectivity index (χ1) is 10.1. The highest BCUT2D eigenvalue weighted by atomic mass is 14.2. The molecule has 0 aromatic heterocycles. The van der Waals surface area contributed by atoms with Crippen LogP contribution in [0.25, 0.3) is 38.4 Å². The summed E-state index contributed by atoms with van der Waals surface area (Å²) in [5.74, 6) is 0. The molecule has 0 heterocycles. The zero-order valence-corrected chi connectivity index (χ0v) is 12.7. The van der Waals surface area contributed by atoms with Gasteiger partial charge in [-0.2, -0.15) is 0 Å². The van der Waals surface area contributed by atoms with Crippen LogP contribution in [0, 0.1) is 6.92 Å². The summed E-state index contributed by atoms with van der Waals surface area (Å²) in [5, 5.41) is 8.22. The summed E-state index contributed by atoms with van der Waals surface area (Å²) in [6.45, 7) is 6.20. The summed E-state index contributed by atoms with van der Waals surface area (Å²) in [6, 6.07) is 13.6. The molecule has 0 bridgehead atoms. The Labute approximate surface area is 126 Å². The number of aryl methyl sites for hydroxylation is 1. The van der Waals surface area contributed by atoms with Gasteiger partial charge in [0.05, 0.1) is 0 Å². The van der Waals surface area contributed by atoms with Crippen molar-refractivity contribution < 1.29 is 0 Å². The number of hydrogen-bond donors (Lipinski definition) is 0. The van der Waals surface area contributed by atoms with Crippen LogP contribution in [-0.4, -0.2) is 15.7 Å². The van der Waals surface area contributed by atoms with Gasteiger partial charge >= 0.3 is 0 Å². The van der Waals surface area contributed by atoms with Crippen molar-refractivity contribution in [2.45, 2.75) is 6.92 Å². The summed E-state index contributed by atoms with van der Waals surface area (Å²) in [4.78, 5) is 0. The van der Waals surface area contributed by atoms with Crippen molar-refractivity contribution in [1.82, 2.24) is 0 Å². The Morgan fingerprint density at radius 2 is 1.33 bits per heavy atom. The molecule has 0 saturated carbocycles. The van der Waals surface area contributed by atoms with Crippen LogP contribution in [0.3, 0.4) is 0 Å². The van der Waals surface area contributed by atoms with Gasteiger partial charge in [0, 0.05) is 0 Å². The fourth-order valence-electron chi connectivity index (χ4n) is 3.76. The molecule has 0 aliphatic heterocycles. The van der Waals surface area contributed by atoms with Gasteiger partial charge in [0.25, 0.3) is 0 Å². The van der Waals surface area contributed by atoms with Crippen molar-refractivity contribution in [1.29, 1.82) is 0 Å². The van der Waals surface area contributed by atoms with E-state index < -0.39 is 0 Å². The van der Waals surface area contributed by atoms with Gasteiger partial charge in [-0.3, -0.25) is 0 Å². The first-order valence-electron chi connectivity index (χ1n) is 7.42. The molecule has 4 aromatic rings. The van der Waals surface area contributed by atoms with E-state index in [9.17, 15) is 0 Å². The molecule has 0 N–H and O–H groups in total. The van der Waals surface area contributed by atoms with Gasteiger partial charge in [0.15, 0.2) is 0 Å². The third-order valence-electron chi connectivity index (χ3n) is 4.77. The van der Waals surface area contributed by atoms with Crippen LogP contribution >= 0.6 is 0 Å². The quantitative estimate of drug-likeness (QED) is 0.365. The van der Waals surface area contributed by atoms with Crippen molar-refractivity contribution in [3.63, 3.8) is 0 Å². The van der Waals surface area contributed by atoms with Crippen molar-refractivity contribution in [3.05, 3.63) is 54.1 Å².